The maximum atomic E-state index is 5.92. The van der Waals surface area contributed by atoms with E-state index in [0.717, 1.165) is 13.2 Å². The predicted molar refractivity (Wildman–Crippen MR) is 64.2 cm³/mol. The zero-order chi connectivity index (χ0) is 11.3. The van der Waals surface area contributed by atoms with Crippen LogP contribution in [0.5, 0.6) is 0 Å². The third kappa shape index (κ3) is 3.22. The Bertz CT molecular complexity index is 299. The van der Waals surface area contributed by atoms with Crippen molar-refractivity contribution in [3.05, 3.63) is 29.8 Å². The fraction of sp³-hybridized carbons (Fsp3) is 0.500. The molecule has 3 heteroatoms. The third-order valence-corrected chi connectivity index (χ3v) is 2.47. The summed E-state index contributed by atoms with van der Waals surface area (Å²) in [5.74, 6) is 0. The van der Waals surface area contributed by atoms with Crippen LogP contribution in [0.1, 0.15) is 18.5 Å². The molecule has 1 unspecified atom stereocenters. The van der Waals surface area contributed by atoms with Gasteiger partial charge < -0.3 is 15.4 Å². The molecule has 1 atom stereocenters. The van der Waals surface area contributed by atoms with Gasteiger partial charge in [-0.1, -0.05) is 18.2 Å². The standard InChI is InChI=1S/C12H20N2O/c1-10(13)11-6-4-5-7-12(11)14(2)8-9-15-3/h4-7,10H,8-9,13H2,1-3H3. The lowest BCUT2D eigenvalue weighted by Gasteiger charge is -2.23. The molecule has 0 fully saturated rings. The Morgan fingerprint density at radius 1 is 1.40 bits per heavy atom. The lowest BCUT2D eigenvalue weighted by Crippen LogP contribution is -2.24. The molecule has 3 nitrogen and oxygen atoms in total. The molecule has 1 aromatic rings. The molecule has 0 aliphatic heterocycles. The van der Waals surface area contributed by atoms with Gasteiger partial charge in [-0.3, -0.25) is 0 Å². The highest BCUT2D eigenvalue weighted by Gasteiger charge is 2.09. The van der Waals surface area contributed by atoms with E-state index in [-0.39, 0.29) is 6.04 Å². The van der Waals surface area contributed by atoms with Crippen molar-refractivity contribution < 1.29 is 4.74 Å². The molecule has 15 heavy (non-hydrogen) atoms. The molecular weight excluding hydrogens is 188 g/mol. The van der Waals surface area contributed by atoms with Crippen molar-refractivity contribution in [2.75, 3.05) is 32.2 Å². The molecule has 1 rings (SSSR count). The van der Waals surface area contributed by atoms with Crippen molar-refractivity contribution in [2.24, 2.45) is 5.73 Å². The maximum absolute atomic E-state index is 5.92. The van der Waals surface area contributed by atoms with Crippen LogP contribution in [-0.2, 0) is 4.74 Å². The minimum absolute atomic E-state index is 0.0613. The van der Waals surface area contributed by atoms with Gasteiger partial charge in [-0.15, -0.1) is 0 Å². The van der Waals surface area contributed by atoms with Crippen LogP contribution in [0.3, 0.4) is 0 Å². The molecule has 0 heterocycles. The average molecular weight is 208 g/mol. The Kier molecular flexibility index (Phi) is 4.59. The third-order valence-electron chi connectivity index (χ3n) is 2.47. The number of hydrogen-bond acceptors (Lipinski definition) is 3. The summed E-state index contributed by atoms with van der Waals surface area (Å²) in [5.41, 5.74) is 8.28. The number of hydrogen-bond donors (Lipinski definition) is 1. The van der Waals surface area contributed by atoms with Crippen molar-refractivity contribution in [1.82, 2.24) is 0 Å². The van der Waals surface area contributed by atoms with E-state index in [1.54, 1.807) is 7.11 Å². The first-order chi connectivity index (χ1) is 7.16. The molecule has 2 N–H and O–H groups in total. The van der Waals surface area contributed by atoms with Gasteiger partial charge >= 0.3 is 0 Å². The van der Waals surface area contributed by atoms with Crippen molar-refractivity contribution in [2.45, 2.75) is 13.0 Å². The first-order valence-electron chi connectivity index (χ1n) is 5.21. The number of likely N-dealkylation sites (N-methyl/N-ethyl adjacent to an activating group) is 1. The van der Waals surface area contributed by atoms with Crippen LogP contribution >= 0.6 is 0 Å². The lowest BCUT2D eigenvalue weighted by molar-refractivity contribution is 0.206. The minimum atomic E-state index is 0.0613. The number of methoxy groups -OCH3 is 1. The Labute approximate surface area is 91.8 Å². The van der Waals surface area contributed by atoms with Crippen LogP contribution in [-0.4, -0.2) is 27.3 Å². The molecule has 0 bridgehead atoms. The molecule has 0 spiro atoms. The number of anilines is 1. The first-order valence-corrected chi connectivity index (χ1v) is 5.21. The fourth-order valence-corrected chi connectivity index (χ4v) is 1.57. The fourth-order valence-electron chi connectivity index (χ4n) is 1.57. The normalized spacial score (nSPS) is 12.5. The van der Waals surface area contributed by atoms with Gasteiger partial charge in [0.15, 0.2) is 0 Å². The summed E-state index contributed by atoms with van der Waals surface area (Å²) < 4.78 is 5.06. The summed E-state index contributed by atoms with van der Waals surface area (Å²) in [7, 11) is 3.77. The van der Waals surface area contributed by atoms with Gasteiger partial charge in [0.2, 0.25) is 0 Å². The van der Waals surface area contributed by atoms with Gasteiger partial charge in [0.1, 0.15) is 0 Å². The van der Waals surface area contributed by atoms with Gasteiger partial charge in [-0.2, -0.15) is 0 Å². The van der Waals surface area contributed by atoms with E-state index in [0.29, 0.717) is 0 Å². The number of nitrogens with zero attached hydrogens (tertiary/aromatic N) is 1. The van der Waals surface area contributed by atoms with Crippen LogP contribution in [0.4, 0.5) is 5.69 Å². The Morgan fingerprint density at radius 3 is 2.67 bits per heavy atom. The predicted octanol–water partition coefficient (Wildman–Crippen LogP) is 1.79. The van der Waals surface area contributed by atoms with Gasteiger partial charge in [-0.25, -0.2) is 0 Å². The van der Waals surface area contributed by atoms with Crippen molar-refractivity contribution in [3.63, 3.8) is 0 Å². The largest absolute Gasteiger partial charge is 0.383 e. The molecule has 0 aliphatic rings. The molecule has 0 aromatic heterocycles. The average Bonchev–Trinajstić information content (AvgIpc) is 2.25. The number of para-hydroxylation sites is 1. The highest BCUT2D eigenvalue weighted by atomic mass is 16.5. The van der Waals surface area contributed by atoms with E-state index < -0.39 is 0 Å². The van der Waals surface area contributed by atoms with Crippen molar-refractivity contribution in [1.29, 1.82) is 0 Å². The Morgan fingerprint density at radius 2 is 2.07 bits per heavy atom. The molecule has 0 radical (unpaired) electrons. The highest BCUT2D eigenvalue weighted by molar-refractivity contribution is 5.54. The molecular formula is C12H20N2O. The summed E-state index contributed by atoms with van der Waals surface area (Å²) in [6.45, 7) is 3.60. The Balaban J connectivity index is 2.82. The molecule has 0 saturated carbocycles. The van der Waals surface area contributed by atoms with Gasteiger partial charge in [0.25, 0.3) is 0 Å². The second-order valence-corrected chi connectivity index (χ2v) is 3.76. The van der Waals surface area contributed by atoms with E-state index in [9.17, 15) is 0 Å². The van der Waals surface area contributed by atoms with Crippen LogP contribution < -0.4 is 10.6 Å². The second kappa shape index (κ2) is 5.73. The molecule has 84 valence electrons. The minimum Gasteiger partial charge on any atom is -0.383 e. The van der Waals surface area contributed by atoms with E-state index >= 15 is 0 Å². The number of rotatable bonds is 5. The lowest BCUT2D eigenvalue weighted by atomic mass is 10.1. The van der Waals surface area contributed by atoms with Crippen LogP contribution in [0, 0.1) is 0 Å². The van der Waals surface area contributed by atoms with Gasteiger partial charge in [-0.05, 0) is 18.6 Å². The summed E-state index contributed by atoms with van der Waals surface area (Å²) in [6, 6.07) is 8.28. The monoisotopic (exact) mass is 208 g/mol. The smallest absolute Gasteiger partial charge is 0.0637 e. The molecule has 1 aromatic carbocycles. The second-order valence-electron chi connectivity index (χ2n) is 3.76. The Hall–Kier alpha value is -1.06. The molecule has 0 amide bonds. The van der Waals surface area contributed by atoms with Crippen molar-refractivity contribution >= 4 is 5.69 Å². The number of benzene rings is 1. The quantitative estimate of drug-likeness (QED) is 0.801. The molecule has 0 saturated heterocycles. The topological polar surface area (TPSA) is 38.5 Å². The highest BCUT2D eigenvalue weighted by Crippen LogP contribution is 2.23. The van der Waals surface area contributed by atoms with Crippen LogP contribution in [0.15, 0.2) is 24.3 Å². The summed E-state index contributed by atoms with van der Waals surface area (Å²) in [4.78, 5) is 2.17. The maximum Gasteiger partial charge on any atom is 0.0637 e. The summed E-state index contributed by atoms with van der Waals surface area (Å²) in [6.07, 6.45) is 0. The van der Waals surface area contributed by atoms with Crippen molar-refractivity contribution in [3.8, 4) is 0 Å². The summed E-state index contributed by atoms with van der Waals surface area (Å²) >= 11 is 0. The van der Waals surface area contributed by atoms with E-state index in [4.69, 9.17) is 10.5 Å². The zero-order valence-corrected chi connectivity index (χ0v) is 9.73. The first kappa shape index (κ1) is 12.0. The van der Waals surface area contributed by atoms with Gasteiger partial charge in [0.05, 0.1) is 6.61 Å². The summed E-state index contributed by atoms with van der Waals surface area (Å²) in [5, 5.41) is 0. The van der Waals surface area contributed by atoms with E-state index in [1.165, 1.54) is 11.3 Å². The SMILES string of the molecule is COCCN(C)c1ccccc1C(C)N. The zero-order valence-electron chi connectivity index (χ0n) is 9.73. The number of ether oxygens (including phenoxy) is 1. The van der Waals surface area contributed by atoms with Crippen LogP contribution in [0.25, 0.3) is 0 Å². The van der Waals surface area contributed by atoms with E-state index in [2.05, 4.69) is 24.1 Å². The number of nitrogens with two attached hydrogens (primary N) is 1. The van der Waals surface area contributed by atoms with Crippen LogP contribution in [0.2, 0.25) is 0 Å². The molecule has 0 aliphatic carbocycles. The van der Waals surface area contributed by atoms with E-state index in [1.807, 2.05) is 19.1 Å². The van der Waals surface area contributed by atoms with Gasteiger partial charge in [0, 0.05) is 32.4 Å².